The molecule has 1 atom stereocenters. The summed E-state index contributed by atoms with van der Waals surface area (Å²) in [6.45, 7) is 4.04. The zero-order chi connectivity index (χ0) is 14.6. The van der Waals surface area contributed by atoms with Crippen LogP contribution in [0.3, 0.4) is 0 Å². The summed E-state index contributed by atoms with van der Waals surface area (Å²) in [6.07, 6.45) is 4.68. The van der Waals surface area contributed by atoms with Crippen molar-refractivity contribution in [2.75, 3.05) is 13.2 Å². The quantitative estimate of drug-likeness (QED) is 0.814. The number of nitrogens with zero attached hydrogens (tertiary/aromatic N) is 1. The van der Waals surface area contributed by atoms with E-state index in [0.717, 1.165) is 31.6 Å². The van der Waals surface area contributed by atoms with Crippen molar-refractivity contribution in [1.82, 2.24) is 9.29 Å². The van der Waals surface area contributed by atoms with Crippen LogP contribution in [-0.2, 0) is 27.8 Å². The molecule has 1 aliphatic rings. The molecule has 1 aromatic rings. The van der Waals surface area contributed by atoms with Crippen molar-refractivity contribution < 1.29 is 13.2 Å². The first kappa shape index (κ1) is 15.5. The van der Waals surface area contributed by atoms with Crippen LogP contribution in [0, 0.1) is 0 Å². The molecule has 0 amide bonds. The number of aromatic nitrogens is 1. The van der Waals surface area contributed by atoms with Gasteiger partial charge in [-0.05, 0) is 32.3 Å². The lowest BCUT2D eigenvalue weighted by Crippen LogP contribution is -2.35. The number of nitrogens with one attached hydrogen (secondary N) is 1. The molecule has 7 heteroatoms. The third-order valence-electron chi connectivity index (χ3n) is 3.60. The Hall–Kier alpha value is -0.890. The van der Waals surface area contributed by atoms with E-state index in [1.165, 1.54) is 0 Å². The molecular weight excluding hydrogens is 278 g/mol. The van der Waals surface area contributed by atoms with E-state index in [2.05, 4.69) is 4.72 Å². The number of nitrogens with two attached hydrogens (primary N) is 1. The van der Waals surface area contributed by atoms with Gasteiger partial charge >= 0.3 is 0 Å². The topological polar surface area (TPSA) is 86.3 Å². The van der Waals surface area contributed by atoms with E-state index in [1.54, 1.807) is 12.3 Å². The third kappa shape index (κ3) is 3.60. The molecule has 2 heterocycles. The Bertz CT molecular complexity index is 512. The first-order chi connectivity index (χ1) is 9.56. The normalized spacial score (nSPS) is 20.2. The molecule has 0 aliphatic carbocycles. The Labute approximate surface area is 120 Å². The van der Waals surface area contributed by atoms with Crippen molar-refractivity contribution in [1.29, 1.82) is 0 Å². The molecule has 1 aliphatic heterocycles. The molecule has 0 saturated carbocycles. The summed E-state index contributed by atoms with van der Waals surface area (Å²) < 4.78 is 34.5. The van der Waals surface area contributed by atoms with Crippen molar-refractivity contribution >= 4 is 10.0 Å². The van der Waals surface area contributed by atoms with Crippen LogP contribution in [0.25, 0.3) is 0 Å². The van der Waals surface area contributed by atoms with Gasteiger partial charge in [0.2, 0.25) is 10.0 Å². The minimum atomic E-state index is -3.49. The zero-order valence-corrected chi connectivity index (χ0v) is 12.7. The van der Waals surface area contributed by atoms with Gasteiger partial charge in [-0.2, -0.15) is 0 Å². The van der Waals surface area contributed by atoms with Gasteiger partial charge in [0, 0.05) is 38.1 Å². The number of rotatable bonds is 6. The Kier molecular flexibility index (Phi) is 5.20. The van der Waals surface area contributed by atoms with Gasteiger partial charge in [0.05, 0.1) is 11.0 Å². The standard InChI is InChI=1S/C13H23N3O3S/c1-2-16-10-13(7-11(16)8-14)20(17,18)15-9-12-5-3-4-6-19-12/h7,10,12,15H,2-6,8-9,14H2,1H3. The van der Waals surface area contributed by atoms with E-state index in [4.69, 9.17) is 10.5 Å². The van der Waals surface area contributed by atoms with Crippen LogP contribution in [0.1, 0.15) is 31.9 Å². The molecule has 0 bridgehead atoms. The monoisotopic (exact) mass is 301 g/mol. The summed E-state index contributed by atoms with van der Waals surface area (Å²) >= 11 is 0. The molecular formula is C13H23N3O3S. The van der Waals surface area contributed by atoms with E-state index >= 15 is 0 Å². The minimum absolute atomic E-state index is 0.0132. The maximum atomic E-state index is 12.3. The summed E-state index contributed by atoms with van der Waals surface area (Å²) in [7, 11) is -3.49. The number of hydrogen-bond donors (Lipinski definition) is 2. The predicted molar refractivity (Wildman–Crippen MR) is 76.8 cm³/mol. The first-order valence-corrected chi connectivity index (χ1v) is 8.55. The Morgan fingerprint density at radius 3 is 2.85 bits per heavy atom. The molecule has 0 radical (unpaired) electrons. The fourth-order valence-corrected chi connectivity index (χ4v) is 3.52. The third-order valence-corrected chi connectivity index (χ3v) is 4.99. The van der Waals surface area contributed by atoms with Crippen LogP contribution in [0.2, 0.25) is 0 Å². The highest BCUT2D eigenvalue weighted by atomic mass is 32.2. The molecule has 6 nitrogen and oxygen atoms in total. The lowest BCUT2D eigenvalue weighted by atomic mass is 10.1. The fourth-order valence-electron chi connectivity index (χ4n) is 2.39. The Morgan fingerprint density at radius 1 is 1.50 bits per heavy atom. The molecule has 1 aromatic heterocycles. The first-order valence-electron chi connectivity index (χ1n) is 7.07. The Balaban J connectivity index is 2.03. The molecule has 0 spiro atoms. The number of hydrogen-bond acceptors (Lipinski definition) is 4. The number of aryl methyl sites for hydroxylation is 1. The maximum Gasteiger partial charge on any atom is 0.242 e. The smallest absolute Gasteiger partial charge is 0.242 e. The van der Waals surface area contributed by atoms with E-state index in [-0.39, 0.29) is 11.0 Å². The molecule has 3 N–H and O–H groups in total. The van der Waals surface area contributed by atoms with Gasteiger partial charge in [0.15, 0.2) is 0 Å². The van der Waals surface area contributed by atoms with Crippen molar-refractivity contribution in [3.8, 4) is 0 Å². The van der Waals surface area contributed by atoms with Gasteiger partial charge in [-0.25, -0.2) is 13.1 Å². The summed E-state index contributed by atoms with van der Waals surface area (Å²) in [5.74, 6) is 0. The van der Waals surface area contributed by atoms with Crippen molar-refractivity contribution in [3.05, 3.63) is 18.0 Å². The molecule has 20 heavy (non-hydrogen) atoms. The fraction of sp³-hybridized carbons (Fsp3) is 0.692. The van der Waals surface area contributed by atoms with Gasteiger partial charge in [-0.3, -0.25) is 0 Å². The van der Waals surface area contributed by atoms with Crippen molar-refractivity contribution in [2.45, 2.75) is 50.3 Å². The van der Waals surface area contributed by atoms with E-state index in [0.29, 0.717) is 19.6 Å². The van der Waals surface area contributed by atoms with Crippen LogP contribution in [0.4, 0.5) is 0 Å². The Morgan fingerprint density at radius 2 is 2.30 bits per heavy atom. The average molecular weight is 301 g/mol. The largest absolute Gasteiger partial charge is 0.377 e. The second-order valence-corrected chi connectivity index (χ2v) is 6.76. The maximum absolute atomic E-state index is 12.3. The zero-order valence-electron chi connectivity index (χ0n) is 11.8. The van der Waals surface area contributed by atoms with Gasteiger partial charge in [-0.1, -0.05) is 0 Å². The van der Waals surface area contributed by atoms with Crippen LogP contribution >= 0.6 is 0 Å². The average Bonchev–Trinajstić information content (AvgIpc) is 2.90. The van der Waals surface area contributed by atoms with Gasteiger partial charge in [0.1, 0.15) is 0 Å². The molecule has 1 fully saturated rings. The molecule has 1 unspecified atom stereocenters. The van der Waals surface area contributed by atoms with Crippen LogP contribution in [0.5, 0.6) is 0 Å². The second kappa shape index (κ2) is 6.71. The molecule has 0 aromatic carbocycles. The minimum Gasteiger partial charge on any atom is -0.377 e. The summed E-state index contributed by atoms with van der Waals surface area (Å²) in [4.78, 5) is 0.274. The van der Waals surface area contributed by atoms with Crippen molar-refractivity contribution in [3.63, 3.8) is 0 Å². The van der Waals surface area contributed by atoms with E-state index < -0.39 is 10.0 Å². The summed E-state index contributed by atoms with van der Waals surface area (Å²) in [5, 5.41) is 0. The predicted octanol–water partition coefficient (Wildman–Crippen LogP) is 0.814. The lowest BCUT2D eigenvalue weighted by molar-refractivity contribution is 0.0200. The van der Waals surface area contributed by atoms with Crippen LogP contribution in [-0.4, -0.2) is 32.2 Å². The molecule has 2 rings (SSSR count). The van der Waals surface area contributed by atoms with E-state index in [1.807, 2.05) is 11.5 Å². The van der Waals surface area contributed by atoms with Gasteiger partial charge < -0.3 is 15.0 Å². The summed E-state index contributed by atoms with van der Waals surface area (Å²) in [6, 6.07) is 1.63. The van der Waals surface area contributed by atoms with Crippen molar-refractivity contribution in [2.24, 2.45) is 5.73 Å². The van der Waals surface area contributed by atoms with E-state index in [9.17, 15) is 8.42 Å². The number of sulfonamides is 1. The second-order valence-electron chi connectivity index (χ2n) is 5.00. The summed E-state index contributed by atoms with van der Waals surface area (Å²) in [5.41, 5.74) is 6.44. The SMILES string of the molecule is CCn1cc(S(=O)(=O)NCC2CCCCO2)cc1CN. The van der Waals surface area contributed by atoms with Gasteiger partial charge in [0.25, 0.3) is 0 Å². The van der Waals surface area contributed by atoms with Crippen LogP contribution in [0.15, 0.2) is 17.2 Å². The highest BCUT2D eigenvalue weighted by Gasteiger charge is 2.21. The highest BCUT2D eigenvalue weighted by Crippen LogP contribution is 2.16. The van der Waals surface area contributed by atoms with Crippen LogP contribution < -0.4 is 10.5 Å². The lowest BCUT2D eigenvalue weighted by Gasteiger charge is -2.22. The molecule has 1 saturated heterocycles. The number of ether oxygens (including phenoxy) is 1. The van der Waals surface area contributed by atoms with Gasteiger partial charge in [-0.15, -0.1) is 0 Å². The highest BCUT2D eigenvalue weighted by molar-refractivity contribution is 7.89. The molecule has 114 valence electrons.